The Labute approximate surface area is 119 Å². The Bertz CT molecular complexity index is 610. The first-order valence-electron chi connectivity index (χ1n) is 6.69. The van der Waals surface area contributed by atoms with Gasteiger partial charge in [-0.1, -0.05) is 18.2 Å². The van der Waals surface area contributed by atoms with E-state index in [0.29, 0.717) is 18.1 Å². The van der Waals surface area contributed by atoms with Crippen LogP contribution in [0.1, 0.15) is 23.0 Å². The number of nitrogens with zero attached hydrogens (tertiary/aromatic N) is 2. The second kappa shape index (κ2) is 6.19. The number of aryl methyl sites for hydroxylation is 1. The topological polar surface area (TPSA) is 45.2 Å². The number of aromatic nitrogens is 1. The van der Waals surface area contributed by atoms with E-state index in [0.717, 1.165) is 11.3 Å². The molecule has 0 saturated carbocycles. The highest BCUT2D eigenvalue weighted by atomic mass is 16.2. The van der Waals surface area contributed by atoms with Crippen LogP contribution < -0.4 is 10.2 Å². The smallest absolute Gasteiger partial charge is 0.276 e. The van der Waals surface area contributed by atoms with Crippen LogP contribution in [0.2, 0.25) is 0 Å². The first-order valence-corrected chi connectivity index (χ1v) is 6.69. The minimum absolute atomic E-state index is 0.0878. The third-order valence-electron chi connectivity index (χ3n) is 3.10. The molecule has 1 aromatic heterocycles. The number of benzene rings is 1. The number of hydrogen-bond donors (Lipinski definition) is 1. The standard InChI is InChI=1S/C16H19N3O/c1-4-19(13-8-5-7-12(2)11-13)16(20)14-9-6-10-15(17-3)18-14/h5-11H,4H2,1-3H3,(H,17,18). The van der Waals surface area contributed by atoms with E-state index in [1.54, 1.807) is 18.0 Å². The van der Waals surface area contributed by atoms with Gasteiger partial charge in [-0.2, -0.15) is 0 Å². The molecule has 0 aliphatic heterocycles. The van der Waals surface area contributed by atoms with E-state index in [1.165, 1.54) is 0 Å². The van der Waals surface area contributed by atoms with E-state index in [4.69, 9.17) is 0 Å². The summed E-state index contributed by atoms with van der Waals surface area (Å²) in [6.45, 7) is 4.58. The van der Waals surface area contributed by atoms with Gasteiger partial charge in [0.1, 0.15) is 11.5 Å². The minimum atomic E-state index is -0.0878. The maximum atomic E-state index is 12.6. The molecule has 4 heteroatoms. The first kappa shape index (κ1) is 14.1. The van der Waals surface area contributed by atoms with Crippen LogP contribution in [-0.4, -0.2) is 24.5 Å². The van der Waals surface area contributed by atoms with E-state index >= 15 is 0 Å². The zero-order valence-electron chi connectivity index (χ0n) is 12.1. The van der Waals surface area contributed by atoms with Gasteiger partial charge in [-0.15, -0.1) is 0 Å². The lowest BCUT2D eigenvalue weighted by atomic mass is 10.2. The van der Waals surface area contributed by atoms with Crippen LogP contribution in [-0.2, 0) is 0 Å². The number of carbonyl (C=O) groups excluding carboxylic acids is 1. The Morgan fingerprint density at radius 1 is 1.25 bits per heavy atom. The molecule has 2 aromatic rings. The van der Waals surface area contributed by atoms with Crippen molar-refractivity contribution in [2.45, 2.75) is 13.8 Å². The van der Waals surface area contributed by atoms with Gasteiger partial charge in [0.2, 0.25) is 0 Å². The maximum Gasteiger partial charge on any atom is 0.276 e. The summed E-state index contributed by atoms with van der Waals surface area (Å²) in [6, 6.07) is 13.3. The van der Waals surface area contributed by atoms with Crippen molar-refractivity contribution in [1.29, 1.82) is 0 Å². The van der Waals surface area contributed by atoms with Gasteiger partial charge < -0.3 is 10.2 Å². The molecule has 0 fully saturated rings. The molecule has 4 nitrogen and oxygen atoms in total. The SMILES string of the molecule is CCN(C(=O)c1cccc(NC)n1)c1cccc(C)c1. The highest BCUT2D eigenvalue weighted by Crippen LogP contribution is 2.18. The van der Waals surface area contributed by atoms with Gasteiger partial charge in [-0.3, -0.25) is 4.79 Å². The third kappa shape index (κ3) is 2.96. The molecule has 0 aliphatic rings. The summed E-state index contributed by atoms with van der Waals surface area (Å²) < 4.78 is 0. The van der Waals surface area contributed by atoms with Crippen molar-refractivity contribution in [1.82, 2.24) is 4.98 Å². The lowest BCUT2D eigenvalue weighted by Gasteiger charge is -2.21. The van der Waals surface area contributed by atoms with Crippen LogP contribution >= 0.6 is 0 Å². The molecule has 0 bridgehead atoms. The van der Waals surface area contributed by atoms with Crippen molar-refractivity contribution in [3.05, 3.63) is 53.7 Å². The van der Waals surface area contributed by atoms with Crippen LogP contribution in [0, 0.1) is 6.92 Å². The number of pyridine rings is 1. The summed E-state index contributed by atoms with van der Waals surface area (Å²) in [6.07, 6.45) is 0. The lowest BCUT2D eigenvalue weighted by Crippen LogP contribution is -2.31. The Morgan fingerprint density at radius 2 is 2.00 bits per heavy atom. The molecule has 0 spiro atoms. The van der Waals surface area contributed by atoms with Gasteiger partial charge in [0.25, 0.3) is 5.91 Å². The molecule has 104 valence electrons. The van der Waals surface area contributed by atoms with E-state index < -0.39 is 0 Å². The van der Waals surface area contributed by atoms with Crippen molar-refractivity contribution in [3.8, 4) is 0 Å². The van der Waals surface area contributed by atoms with E-state index in [-0.39, 0.29) is 5.91 Å². The zero-order valence-corrected chi connectivity index (χ0v) is 12.1. The van der Waals surface area contributed by atoms with Crippen LogP contribution in [0.3, 0.4) is 0 Å². The Hall–Kier alpha value is -2.36. The average molecular weight is 269 g/mol. The fraction of sp³-hybridized carbons (Fsp3) is 0.250. The van der Waals surface area contributed by atoms with E-state index in [1.807, 2.05) is 50.2 Å². The van der Waals surface area contributed by atoms with Crippen molar-refractivity contribution in [3.63, 3.8) is 0 Å². The van der Waals surface area contributed by atoms with Crippen molar-refractivity contribution in [2.75, 3.05) is 23.8 Å². The van der Waals surface area contributed by atoms with Crippen molar-refractivity contribution < 1.29 is 4.79 Å². The maximum absolute atomic E-state index is 12.6. The van der Waals surface area contributed by atoms with Gasteiger partial charge >= 0.3 is 0 Å². The van der Waals surface area contributed by atoms with Crippen molar-refractivity contribution in [2.24, 2.45) is 0 Å². The summed E-state index contributed by atoms with van der Waals surface area (Å²) in [5, 5.41) is 2.95. The lowest BCUT2D eigenvalue weighted by molar-refractivity contribution is 0.0983. The molecular weight excluding hydrogens is 250 g/mol. The van der Waals surface area contributed by atoms with Gasteiger partial charge in [0, 0.05) is 19.3 Å². The molecule has 1 aromatic carbocycles. The van der Waals surface area contributed by atoms with Crippen LogP contribution in [0.15, 0.2) is 42.5 Å². The largest absolute Gasteiger partial charge is 0.373 e. The molecule has 20 heavy (non-hydrogen) atoms. The molecule has 0 radical (unpaired) electrons. The van der Waals surface area contributed by atoms with Crippen LogP contribution in [0.5, 0.6) is 0 Å². The summed E-state index contributed by atoms with van der Waals surface area (Å²) in [5.41, 5.74) is 2.47. The summed E-state index contributed by atoms with van der Waals surface area (Å²) in [7, 11) is 1.79. The quantitative estimate of drug-likeness (QED) is 0.927. The third-order valence-corrected chi connectivity index (χ3v) is 3.10. The number of nitrogens with one attached hydrogen (secondary N) is 1. The van der Waals surface area contributed by atoms with Gasteiger partial charge in [-0.05, 0) is 43.7 Å². The minimum Gasteiger partial charge on any atom is -0.373 e. The predicted octanol–water partition coefficient (Wildman–Crippen LogP) is 3.10. The first-order chi connectivity index (χ1) is 9.65. The molecule has 1 N–H and O–H groups in total. The molecule has 1 amide bonds. The summed E-state index contributed by atoms with van der Waals surface area (Å²) >= 11 is 0. The normalized spacial score (nSPS) is 10.2. The van der Waals surface area contributed by atoms with Gasteiger partial charge in [0.05, 0.1) is 0 Å². The second-order valence-corrected chi connectivity index (χ2v) is 4.55. The highest BCUT2D eigenvalue weighted by molar-refractivity contribution is 6.05. The Balaban J connectivity index is 2.33. The van der Waals surface area contributed by atoms with Crippen LogP contribution in [0.4, 0.5) is 11.5 Å². The number of rotatable bonds is 4. The molecule has 2 rings (SSSR count). The average Bonchev–Trinajstić information content (AvgIpc) is 2.48. The predicted molar refractivity (Wildman–Crippen MR) is 82.3 cm³/mol. The van der Waals surface area contributed by atoms with E-state index in [9.17, 15) is 4.79 Å². The fourth-order valence-electron chi connectivity index (χ4n) is 2.07. The fourth-order valence-corrected chi connectivity index (χ4v) is 2.07. The molecule has 0 aliphatic carbocycles. The molecule has 1 heterocycles. The van der Waals surface area contributed by atoms with Crippen LogP contribution in [0.25, 0.3) is 0 Å². The van der Waals surface area contributed by atoms with Crippen molar-refractivity contribution >= 4 is 17.4 Å². The number of hydrogen-bond acceptors (Lipinski definition) is 3. The molecule has 0 unspecified atom stereocenters. The molecule has 0 atom stereocenters. The molecule has 0 saturated heterocycles. The number of amides is 1. The molecular formula is C16H19N3O. The monoisotopic (exact) mass is 269 g/mol. The second-order valence-electron chi connectivity index (χ2n) is 4.55. The Kier molecular flexibility index (Phi) is 4.35. The number of anilines is 2. The Morgan fingerprint density at radius 3 is 2.65 bits per heavy atom. The summed E-state index contributed by atoms with van der Waals surface area (Å²) in [5.74, 6) is 0.603. The highest BCUT2D eigenvalue weighted by Gasteiger charge is 2.17. The summed E-state index contributed by atoms with van der Waals surface area (Å²) in [4.78, 5) is 18.6. The van der Waals surface area contributed by atoms with Gasteiger partial charge in [0.15, 0.2) is 0 Å². The number of carbonyl (C=O) groups is 1. The van der Waals surface area contributed by atoms with Gasteiger partial charge in [-0.25, -0.2) is 4.98 Å². The zero-order chi connectivity index (χ0) is 14.5. The van der Waals surface area contributed by atoms with E-state index in [2.05, 4.69) is 10.3 Å².